The number of thiocarbonyl (C=S) groups is 1. The molecule has 0 radical (unpaired) electrons. The molecule has 0 aliphatic carbocycles. The van der Waals surface area contributed by atoms with E-state index in [1.54, 1.807) is 48.7 Å². The summed E-state index contributed by atoms with van der Waals surface area (Å²) >= 11 is 4.87. The Balaban J connectivity index is 2.08. The smallest absolute Gasteiger partial charge is 0.253 e. The predicted octanol–water partition coefficient (Wildman–Crippen LogP) is 2.19. The van der Waals surface area contributed by atoms with E-state index in [1.165, 1.54) is 0 Å². The number of benzene rings is 1. The average molecular weight is 274 g/mol. The van der Waals surface area contributed by atoms with Gasteiger partial charge in [0.25, 0.3) is 5.91 Å². The first kappa shape index (κ1) is 13.3. The molecule has 2 rings (SSSR count). The zero-order valence-corrected chi connectivity index (χ0v) is 11.3. The maximum absolute atomic E-state index is 12.2. The molecule has 1 aromatic heterocycles. The van der Waals surface area contributed by atoms with Gasteiger partial charge in [-0.3, -0.25) is 4.79 Å². The van der Waals surface area contributed by atoms with Crippen LogP contribution in [0, 0.1) is 0 Å². The Labute approximate surface area is 116 Å². The summed E-state index contributed by atoms with van der Waals surface area (Å²) in [6, 6.07) is 8.79. The van der Waals surface area contributed by atoms with Gasteiger partial charge in [0.05, 0.1) is 12.5 Å². The van der Waals surface area contributed by atoms with E-state index < -0.39 is 0 Å². The normalized spacial score (nSPS) is 10.2. The fourth-order valence-corrected chi connectivity index (χ4v) is 1.86. The average Bonchev–Trinajstić information content (AvgIpc) is 2.90. The first-order chi connectivity index (χ1) is 9.08. The van der Waals surface area contributed by atoms with Crippen molar-refractivity contribution in [2.45, 2.75) is 6.54 Å². The first-order valence-corrected chi connectivity index (χ1v) is 6.15. The van der Waals surface area contributed by atoms with E-state index in [9.17, 15) is 4.79 Å². The highest BCUT2D eigenvalue weighted by Crippen LogP contribution is 2.10. The summed E-state index contributed by atoms with van der Waals surface area (Å²) in [4.78, 5) is 14.1. The first-order valence-electron chi connectivity index (χ1n) is 5.74. The van der Waals surface area contributed by atoms with Gasteiger partial charge in [-0.05, 0) is 18.2 Å². The van der Waals surface area contributed by atoms with E-state index in [1.807, 2.05) is 6.07 Å². The minimum atomic E-state index is -0.0595. The van der Waals surface area contributed by atoms with Crippen molar-refractivity contribution in [3.05, 3.63) is 59.5 Å². The molecule has 0 aliphatic rings. The topological polar surface area (TPSA) is 59.5 Å². The highest BCUT2D eigenvalue weighted by molar-refractivity contribution is 7.80. The van der Waals surface area contributed by atoms with Crippen molar-refractivity contribution in [1.82, 2.24) is 4.90 Å². The summed E-state index contributed by atoms with van der Waals surface area (Å²) in [7, 11) is 1.75. The van der Waals surface area contributed by atoms with Crippen LogP contribution >= 0.6 is 12.2 Å². The van der Waals surface area contributed by atoms with Crippen LogP contribution in [0.5, 0.6) is 0 Å². The molecule has 0 aliphatic heterocycles. The van der Waals surface area contributed by atoms with Crippen LogP contribution in [-0.4, -0.2) is 22.8 Å². The monoisotopic (exact) mass is 274 g/mol. The van der Waals surface area contributed by atoms with Gasteiger partial charge in [0.15, 0.2) is 0 Å². The van der Waals surface area contributed by atoms with Crippen LogP contribution in [0.15, 0.2) is 47.3 Å². The van der Waals surface area contributed by atoms with Gasteiger partial charge in [-0.1, -0.05) is 24.4 Å². The Morgan fingerprint density at radius 1 is 1.26 bits per heavy atom. The van der Waals surface area contributed by atoms with Gasteiger partial charge in [-0.2, -0.15) is 0 Å². The van der Waals surface area contributed by atoms with Crippen LogP contribution in [0.2, 0.25) is 0 Å². The van der Waals surface area contributed by atoms with E-state index in [2.05, 4.69) is 0 Å². The highest BCUT2D eigenvalue weighted by Gasteiger charge is 2.12. The number of furan rings is 1. The van der Waals surface area contributed by atoms with E-state index in [-0.39, 0.29) is 5.91 Å². The van der Waals surface area contributed by atoms with E-state index in [4.69, 9.17) is 22.4 Å². The molecule has 1 aromatic carbocycles. The van der Waals surface area contributed by atoms with Crippen molar-refractivity contribution in [2.75, 3.05) is 7.05 Å². The van der Waals surface area contributed by atoms with Crippen LogP contribution in [0.1, 0.15) is 21.5 Å². The molecule has 0 saturated heterocycles. The summed E-state index contributed by atoms with van der Waals surface area (Å²) in [5.74, 6) is -0.0595. The summed E-state index contributed by atoms with van der Waals surface area (Å²) in [5.41, 5.74) is 7.83. The van der Waals surface area contributed by atoms with Crippen molar-refractivity contribution in [3.63, 3.8) is 0 Å². The van der Waals surface area contributed by atoms with Crippen molar-refractivity contribution in [3.8, 4) is 0 Å². The van der Waals surface area contributed by atoms with Crippen molar-refractivity contribution in [2.24, 2.45) is 5.73 Å². The second kappa shape index (κ2) is 5.67. The molecule has 2 aromatic rings. The fourth-order valence-electron chi connectivity index (χ4n) is 1.73. The predicted molar refractivity (Wildman–Crippen MR) is 76.8 cm³/mol. The summed E-state index contributed by atoms with van der Waals surface area (Å²) in [5, 5.41) is 0. The van der Waals surface area contributed by atoms with Gasteiger partial charge in [0.1, 0.15) is 4.99 Å². The molecule has 98 valence electrons. The van der Waals surface area contributed by atoms with Gasteiger partial charge in [-0.25, -0.2) is 0 Å². The van der Waals surface area contributed by atoms with Gasteiger partial charge >= 0.3 is 0 Å². The Hall–Kier alpha value is -2.14. The van der Waals surface area contributed by atoms with E-state index in [0.29, 0.717) is 17.1 Å². The number of hydrogen-bond donors (Lipinski definition) is 1. The molecule has 0 unspecified atom stereocenters. The molecule has 1 heterocycles. The molecule has 2 N–H and O–H groups in total. The third-order valence-electron chi connectivity index (χ3n) is 2.76. The van der Waals surface area contributed by atoms with E-state index in [0.717, 1.165) is 11.1 Å². The van der Waals surface area contributed by atoms with Gasteiger partial charge in [-0.15, -0.1) is 0 Å². The molecule has 5 heteroatoms. The Morgan fingerprint density at radius 3 is 2.42 bits per heavy atom. The summed E-state index contributed by atoms with van der Waals surface area (Å²) in [6.07, 6.45) is 3.21. The minimum Gasteiger partial charge on any atom is -0.472 e. The van der Waals surface area contributed by atoms with Crippen molar-refractivity contribution in [1.29, 1.82) is 0 Å². The number of carbonyl (C=O) groups excluding carboxylic acids is 1. The molecule has 1 amide bonds. The lowest BCUT2D eigenvalue weighted by Gasteiger charge is -2.16. The van der Waals surface area contributed by atoms with Gasteiger partial charge in [0.2, 0.25) is 0 Å². The summed E-state index contributed by atoms with van der Waals surface area (Å²) < 4.78 is 4.98. The fraction of sp³-hybridized carbons (Fsp3) is 0.143. The lowest BCUT2D eigenvalue weighted by Crippen LogP contribution is -2.26. The SMILES string of the molecule is CN(Cc1ccoc1)C(=O)c1ccc(C(N)=S)cc1. The summed E-state index contributed by atoms with van der Waals surface area (Å²) in [6.45, 7) is 0.506. The van der Waals surface area contributed by atoms with Crippen LogP contribution in [-0.2, 0) is 6.54 Å². The number of rotatable bonds is 4. The third kappa shape index (κ3) is 3.20. The van der Waals surface area contributed by atoms with E-state index >= 15 is 0 Å². The third-order valence-corrected chi connectivity index (χ3v) is 3.00. The number of amides is 1. The highest BCUT2D eigenvalue weighted by atomic mass is 32.1. The molecule has 19 heavy (non-hydrogen) atoms. The molecule has 0 saturated carbocycles. The molecular formula is C14H14N2O2S. The Morgan fingerprint density at radius 2 is 1.89 bits per heavy atom. The van der Waals surface area contributed by atoms with Crippen LogP contribution in [0.25, 0.3) is 0 Å². The molecule has 0 fully saturated rings. The zero-order valence-electron chi connectivity index (χ0n) is 10.5. The standard InChI is InChI=1S/C14H14N2O2S/c1-16(8-10-6-7-18-9-10)14(17)12-4-2-11(3-5-12)13(15)19/h2-7,9H,8H2,1H3,(H2,15,19). The Kier molecular flexibility index (Phi) is 3.97. The van der Waals surface area contributed by atoms with Crippen molar-refractivity contribution >= 4 is 23.1 Å². The van der Waals surface area contributed by atoms with Crippen LogP contribution < -0.4 is 5.73 Å². The van der Waals surface area contributed by atoms with Gasteiger partial charge < -0.3 is 15.1 Å². The molecule has 0 atom stereocenters. The number of hydrogen-bond acceptors (Lipinski definition) is 3. The van der Waals surface area contributed by atoms with Gasteiger partial charge in [0, 0.05) is 30.3 Å². The van der Waals surface area contributed by atoms with Crippen LogP contribution in [0.4, 0.5) is 0 Å². The number of nitrogens with zero attached hydrogens (tertiary/aromatic N) is 1. The maximum Gasteiger partial charge on any atom is 0.253 e. The maximum atomic E-state index is 12.2. The quantitative estimate of drug-likeness (QED) is 0.868. The molecule has 0 spiro atoms. The minimum absolute atomic E-state index is 0.0595. The molecule has 0 bridgehead atoms. The van der Waals surface area contributed by atoms with Crippen molar-refractivity contribution < 1.29 is 9.21 Å². The number of carbonyl (C=O) groups is 1. The lowest BCUT2D eigenvalue weighted by atomic mass is 10.1. The molecular weight excluding hydrogens is 260 g/mol. The molecule has 4 nitrogen and oxygen atoms in total. The number of nitrogens with two attached hydrogens (primary N) is 1. The largest absolute Gasteiger partial charge is 0.472 e. The van der Waals surface area contributed by atoms with Crippen LogP contribution in [0.3, 0.4) is 0 Å². The second-order valence-electron chi connectivity index (χ2n) is 4.23. The lowest BCUT2D eigenvalue weighted by molar-refractivity contribution is 0.0785. The second-order valence-corrected chi connectivity index (χ2v) is 4.67. The Bertz CT molecular complexity index is 576. The zero-order chi connectivity index (χ0) is 13.8.